The molecule has 2 aromatic heterocycles. The highest BCUT2D eigenvalue weighted by molar-refractivity contribution is 7.98. The molecule has 0 fully saturated rings. The van der Waals surface area contributed by atoms with Gasteiger partial charge in [-0.2, -0.15) is 4.98 Å². The van der Waals surface area contributed by atoms with Crippen molar-refractivity contribution in [2.45, 2.75) is 36.6 Å². The maximum atomic E-state index is 12.8. The maximum absolute atomic E-state index is 12.8. The molecule has 2 aromatic carbocycles. The molecule has 0 saturated carbocycles. The quantitative estimate of drug-likeness (QED) is 0.252. The van der Waals surface area contributed by atoms with E-state index in [0.29, 0.717) is 35.1 Å². The number of hydrogen-bond acceptors (Lipinski definition) is 7. The van der Waals surface area contributed by atoms with Gasteiger partial charge < -0.3 is 0 Å². The lowest BCUT2D eigenvalue weighted by Crippen LogP contribution is -2.21. The second-order valence-electron chi connectivity index (χ2n) is 7.89. The van der Waals surface area contributed by atoms with Crippen LogP contribution in [0.25, 0.3) is 5.78 Å². The standard InChI is InChI=1S/C23H19N5O3S/c1-14-3-2-4-16(9-14)17-10-20-19(21(29)11-17)12-27-22(24-20)25-23(26-27)32-13-15-5-7-18(8-6-15)28(30)31/h2-9,12,17H,10-11,13H2,1H3/t17-/m0/s1. The van der Waals surface area contributed by atoms with Crippen LogP contribution in [0.2, 0.25) is 0 Å². The SMILES string of the molecule is Cc1cccc([C@@H]2CC(=O)c3cn4nc(SCc5ccc([N+](=O)[O-])cc5)nc4nc3C2)c1. The predicted octanol–water partition coefficient (Wildman–Crippen LogP) is 4.55. The number of thioether (sulfide) groups is 1. The van der Waals surface area contributed by atoms with Crippen LogP contribution in [0.5, 0.6) is 0 Å². The smallest absolute Gasteiger partial charge is 0.269 e. The van der Waals surface area contributed by atoms with Crippen molar-refractivity contribution in [2.75, 3.05) is 0 Å². The molecule has 1 aliphatic carbocycles. The van der Waals surface area contributed by atoms with E-state index in [1.165, 1.54) is 29.5 Å². The normalized spacial score (nSPS) is 15.7. The van der Waals surface area contributed by atoms with Crippen molar-refractivity contribution in [3.63, 3.8) is 0 Å². The van der Waals surface area contributed by atoms with E-state index in [4.69, 9.17) is 0 Å². The van der Waals surface area contributed by atoms with E-state index in [0.717, 1.165) is 16.8 Å². The number of hydrogen-bond donors (Lipinski definition) is 0. The van der Waals surface area contributed by atoms with Crippen LogP contribution in [0.4, 0.5) is 5.69 Å². The minimum atomic E-state index is -0.418. The van der Waals surface area contributed by atoms with Gasteiger partial charge in [0.1, 0.15) is 0 Å². The van der Waals surface area contributed by atoms with Crippen LogP contribution in [0.1, 0.15) is 45.1 Å². The highest BCUT2D eigenvalue weighted by Crippen LogP contribution is 2.32. The Balaban J connectivity index is 1.36. The molecule has 1 aliphatic rings. The summed E-state index contributed by atoms with van der Waals surface area (Å²) in [4.78, 5) is 32.4. The van der Waals surface area contributed by atoms with Gasteiger partial charge in [0.15, 0.2) is 5.78 Å². The number of non-ortho nitro benzene ring substituents is 1. The summed E-state index contributed by atoms with van der Waals surface area (Å²) in [5.74, 6) is 1.22. The number of benzene rings is 2. The van der Waals surface area contributed by atoms with E-state index in [-0.39, 0.29) is 17.4 Å². The summed E-state index contributed by atoms with van der Waals surface area (Å²) < 4.78 is 1.56. The molecule has 5 rings (SSSR count). The van der Waals surface area contributed by atoms with E-state index in [1.807, 2.05) is 6.07 Å². The Morgan fingerprint density at radius 3 is 2.72 bits per heavy atom. The molecule has 4 aromatic rings. The van der Waals surface area contributed by atoms with Crippen molar-refractivity contribution in [3.8, 4) is 0 Å². The molecule has 0 radical (unpaired) electrons. The Kier molecular flexibility index (Phi) is 5.18. The molecule has 0 amide bonds. The van der Waals surface area contributed by atoms with E-state index in [1.54, 1.807) is 22.8 Å². The summed E-state index contributed by atoms with van der Waals surface area (Å²) in [6, 6.07) is 14.7. The molecule has 0 saturated heterocycles. The summed E-state index contributed by atoms with van der Waals surface area (Å²) in [5, 5.41) is 15.8. The zero-order valence-electron chi connectivity index (χ0n) is 17.3. The monoisotopic (exact) mass is 445 g/mol. The first kappa shape index (κ1) is 20.3. The number of rotatable bonds is 5. The fourth-order valence-electron chi connectivity index (χ4n) is 3.95. The molecule has 0 aliphatic heterocycles. The first-order valence-electron chi connectivity index (χ1n) is 10.2. The third kappa shape index (κ3) is 3.99. The minimum absolute atomic E-state index is 0.0630. The van der Waals surface area contributed by atoms with Crippen LogP contribution in [-0.2, 0) is 12.2 Å². The summed E-state index contributed by atoms with van der Waals surface area (Å²) in [7, 11) is 0. The van der Waals surface area contributed by atoms with Gasteiger partial charge in [-0.3, -0.25) is 14.9 Å². The molecular formula is C23H19N5O3S. The van der Waals surface area contributed by atoms with E-state index in [9.17, 15) is 14.9 Å². The summed E-state index contributed by atoms with van der Waals surface area (Å²) >= 11 is 1.42. The van der Waals surface area contributed by atoms with Crippen molar-refractivity contribution in [2.24, 2.45) is 0 Å². The third-order valence-electron chi connectivity index (χ3n) is 5.59. The van der Waals surface area contributed by atoms with Crippen LogP contribution in [0.15, 0.2) is 59.9 Å². The summed E-state index contributed by atoms with van der Waals surface area (Å²) in [6.45, 7) is 2.05. The molecular weight excluding hydrogens is 426 g/mol. The van der Waals surface area contributed by atoms with Crippen molar-refractivity contribution in [3.05, 3.63) is 92.8 Å². The lowest BCUT2D eigenvalue weighted by Gasteiger charge is -2.23. The molecule has 32 heavy (non-hydrogen) atoms. The van der Waals surface area contributed by atoms with Crippen LogP contribution in [-0.4, -0.2) is 30.3 Å². The largest absolute Gasteiger partial charge is 0.294 e. The van der Waals surface area contributed by atoms with E-state index in [2.05, 4.69) is 40.2 Å². The molecule has 160 valence electrons. The molecule has 8 nitrogen and oxygen atoms in total. The van der Waals surface area contributed by atoms with Crippen LogP contribution in [0, 0.1) is 17.0 Å². The van der Waals surface area contributed by atoms with Gasteiger partial charge >= 0.3 is 0 Å². The van der Waals surface area contributed by atoms with Gasteiger partial charge in [0, 0.05) is 30.5 Å². The number of nitro groups is 1. The average Bonchev–Trinajstić information content (AvgIpc) is 3.18. The molecule has 0 spiro atoms. The van der Waals surface area contributed by atoms with Gasteiger partial charge in [-0.1, -0.05) is 53.7 Å². The number of nitro benzene ring substituents is 1. The molecule has 1 atom stereocenters. The number of aryl methyl sites for hydroxylation is 1. The van der Waals surface area contributed by atoms with Crippen LogP contribution < -0.4 is 0 Å². The predicted molar refractivity (Wildman–Crippen MR) is 120 cm³/mol. The van der Waals surface area contributed by atoms with Gasteiger partial charge in [0.2, 0.25) is 5.16 Å². The fraction of sp³-hybridized carbons (Fsp3) is 0.217. The van der Waals surface area contributed by atoms with Gasteiger partial charge in [0.25, 0.3) is 11.5 Å². The van der Waals surface area contributed by atoms with Gasteiger partial charge in [-0.15, -0.1) is 5.10 Å². The van der Waals surface area contributed by atoms with E-state index >= 15 is 0 Å². The zero-order chi connectivity index (χ0) is 22.2. The molecule has 0 bridgehead atoms. The van der Waals surface area contributed by atoms with Gasteiger partial charge in [-0.05, 0) is 30.4 Å². The lowest BCUT2D eigenvalue weighted by molar-refractivity contribution is -0.384. The third-order valence-corrected chi connectivity index (χ3v) is 6.50. The number of carbonyl (C=O) groups excluding carboxylic acids is 1. The first-order valence-corrected chi connectivity index (χ1v) is 11.2. The number of nitrogens with zero attached hydrogens (tertiary/aromatic N) is 5. The number of ketones is 1. The number of carbonyl (C=O) groups is 1. The highest BCUT2D eigenvalue weighted by Gasteiger charge is 2.28. The maximum Gasteiger partial charge on any atom is 0.269 e. The van der Waals surface area contributed by atoms with Gasteiger partial charge in [0.05, 0.1) is 16.2 Å². The molecule has 9 heteroatoms. The van der Waals surface area contributed by atoms with Gasteiger partial charge in [-0.25, -0.2) is 9.50 Å². The fourth-order valence-corrected chi connectivity index (χ4v) is 4.73. The van der Waals surface area contributed by atoms with Crippen LogP contribution in [0.3, 0.4) is 0 Å². The topological polar surface area (TPSA) is 103 Å². The number of fused-ring (bicyclic) bond motifs is 2. The second-order valence-corrected chi connectivity index (χ2v) is 8.84. The Morgan fingerprint density at radius 1 is 1.16 bits per heavy atom. The van der Waals surface area contributed by atoms with Crippen molar-refractivity contribution in [1.29, 1.82) is 0 Å². The Hall–Kier alpha value is -3.59. The van der Waals surface area contributed by atoms with Crippen molar-refractivity contribution < 1.29 is 9.72 Å². The van der Waals surface area contributed by atoms with E-state index < -0.39 is 4.92 Å². The number of Topliss-reactive ketones (excluding diaryl/α,β-unsaturated/α-hetero) is 1. The summed E-state index contributed by atoms with van der Waals surface area (Å²) in [5.41, 5.74) is 4.71. The van der Waals surface area contributed by atoms with Crippen molar-refractivity contribution >= 4 is 29.0 Å². The molecule has 0 N–H and O–H groups in total. The average molecular weight is 446 g/mol. The Morgan fingerprint density at radius 2 is 1.97 bits per heavy atom. The number of aromatic nitrogens is 4. The Bertz CT molecular complexity index is 1350. The molecule has 0 unspecified atom stereocenters. The highest BCUT2D eigenvalue weighted by atomic mass is 32.2. The zero-order valence-corrected chi connectivity index (χ0v) is 18.1. The minimum Gasteiger partial charge on any atom is -0.294 e. The first-order chi connectivity index (χ1) is 15.5. The second kappa shape index (κ2) is 8.16. The lowest BCUT2D eigenvalue weighted by atomic mass is 9.82. The van der Waals surface area contributed by atoms with Crippen LogP contribution >= 0.6 is 11.8 Å². The summed E-state index contributed by atoms with van der Waals surface area (Å²) in [6.07, 6.45) is 2.88. The van der Waals surface area contributed by atoms with Crippen molar-refractivity contribution in [1.82, 2.24) is 19.6 Å². The molecule has 2 heterocycles. The Labute approximate surface area is 187 Å².